The average molecular weight is 309 g/mol. The highest BCUT2D eigenvalue weighted by Crippen LogP contribution is 2.10. The minimum absolute atomic E-state index is 0.219. The van der Waals surface area contributed by atoms with Gasteiger partial charge in [0.25, 0.3) is 0 Å². The Morgan fingerprint density at radius 3 is 2.32 bits per heavy atom. The predicted molar refractivity (Wildman–Crippen MR) is 81.6 cm³/mol. The molecule has 0 aliphatic heterocycles. The van der Waals surface area contributed by atoms with Crippen LogP contribution in [-0.2, 0) is 16.0 Å². The molecular formula is C16H23NO5. The third-order valence-electron chi connectivity index (χ3n) is 2.89. The quantitative estimate of drug-likeness (QED) is 0.746. The minimum Gasteiger partial charge on any atom is -0.480 e. The summed E-state index contributed by atoms with van der Waals surface area (Å²) in [5.41, 5.74) is 0.255. The van der Waals surface area contributed by atoms with Crippen molar-refractivity contribution < 1.29 is 24.5 Å². The molecule has 0 spiro atoms. The van der Waals surface area contributed by atoms with E-state index in [1.165, 1.54) is 0 Å². The SMILES string of the molecule is CC(C)(C)OC(=O)NC(C(=O)O)[C@@H](O)CCc1ccccc1. The molecule has 0 heterocycles. The van der Waals surface area contributed by atoms with Crippen LogP contribution in [0.2, 0.25) is 0 Å². The number of aliphatic hydroxyl groups is 1. The van der Waals surface area contributed by atoms with Gasteiger partial charge in [0.05, 0.1) is 6.10 Å². The normalized spacial score (nSPS) is 14.0. The van der Waals surface area contributed by atoms with Crippen LogP contribution in [0.3, 0.4) is 0 Å². The number of carbonyl (C=O) groups excluding carboxylic acids is 1. The fourth-order valence-corrected chi connectivity index (χ4v) is 1.88. The molecule has 1 rings (SSSR count). The molecule has 22 heavy (non-hydrogen) atoms. The Morgan fingerprint density at radius 1 is 1.23 bits per heavy atom. The number of aliphatic hydroxyl groups excluding tert-OH is 1. The molecule has 1 aromatic carbocycles. The molecule has 0 bridgehead atoms. The van der Waals surface area contributed by atoms with E-state index < -0.39 is 29.8 Å². The van der Waals surface area contributed by atoms with Gasteiger partial charge in [-0.2, -0.15) is 0 Å². The fraction of sp³-hybridized carbons (Fsp3) is 0.500. The molecule has 0 aromatic heterocycles. The number of nitrogens with one attached hydrogen (secondary N) is 1. The Balaban J connectivity index is 2.58. The summed E-state index contributed by atoms with van der Waals surface area (Å²) >= 11 is 0. The van der Waals surface area contributed by atoms with Crippen LogP contribution < -0.4 is 5.32 Å². The number of aliphatic carboxylic acids is 1. The molecule has 0 radical (unpaired) electrons. The van der Waals surface area contributed by atoms with Crippen LogP contribution in [0.1, 0.15) is 32.8 Å². The lowest BCUT2D eigenvalue weighted by Crippen LogP contribution is -2.50. The first-order valence-electron chi connectivity index (χ1n) is 7.13. The van der Waals surface area contributed by atoms with Gasteiger partial charge in [0.15, 0.2) is 6.04 Å². The van der Waals surface area contributed by atoms with Crippen LogP contribution >= 0.6 is 0 Å². The lowest BCUT2D eigenvalue weighted by molar-refractivity contribution is -0.142. The third-order valence-corrected chi connectivity index (χ3v) is 2.89. The summed E-state index contributed by atoms with van der Waals surface area (Å²) in [7, 11) is 0. The van der Waals surface area contributed by atoms with E-state index in [0.717, 1.165) is 5.56 Å². The first-order valence-corrected chi connectivity index (χ1v) is 7.13. The van der Waals surface area contributed by atoms with E-state index in [9.17, 15) is 14.7 Å². The van der Waals surface area contributed by atoms with Gasteiger partial charge in [-0.25, -0.2) is 9.59 Å². The second-order valence-corrected chi connectivity index (χ2v) is 6.05. The van der Waals surface area contributed by atoms with Gasteiger partial charge in [0.1, 0.15) is 5.60 Å². The summed E-state index contributed by atoms with van der Waals surface area (Å²) < 4.78 is 5.01. The average Bonchev–Trinajstić information content (AvgIpc) is 2.41. The zero-order valence-electron chi connectivity index (χ0n) is 13.1. The van der Waals surface area contributed by atoms with Crippen LogP contribution in [0, 0.1) is 0 Å². The second kappa shape index (κ2) is 7.79. The predicted octanol–water partition coefficient (Wildman–Crippen LogP) is 1.96. The van der Waals surface area contributed by atoms with Gasteiger partial charge in [-0.3, -0.25) is 0 Å². The van der Waals surface area contributed by atoms with E-state index in [1.807, 2.05) is 30.3 Å². The minimum atomic E-state index is -1.40. The van der Waals surface area contributed by atoms with E-state index in [-0.39, 0.29) is 6.42 Å². The molecule has 0 aliphatic carbocycles. The van der Waals surface area contributed by atoms with Crippen LogP contribution in [0.4, 0.5) is 4.79 Å². The number of carboxylic acids is 1. The summed E-state index contributed by atoms with van der Waals surface area (Å²) in [6.07, 6.45) is -1.33. The second-order valence-electron chi connectivity index (χ2n) is 6.05. The van der Waals surface area contributed by atoms with Crippen LogP contribution in [0.25, 0.3) is 0 Å². The number of hydrogen-bond donors (Lipinski definition) is 3. The first kappa shape index (κ1) is 18.0. The van der Waals surface area contributed by atoms with Crippen molar-refractivity contribution in [2.24, 2.45) is 0 Å². The smallest absolute Gasteiger partial charge is 0.408 e. The van der Waals surface area contributed by atoms with Crippen molar-refractivity contribution >= 4 is 12.1 Å². The number of amides is 1. The molecule has 1 aromatic rings. The highest BCUT2D eigenvalue weighted by atomic mass is 16.6. The molecule has 122 valence electrons. The molecule has 2 atom stereocenters. The third kappa shape index (κ3) is 6.58. The van der Waals surface area contributed by atoms with Gasteiger partial charge in [-0.1, -0.05) is 30.3 Å². The lowest BCUT2D eigenvalue weighted by Gasteiger charge is -2.24. The Labute approximate surface area is 130 Å². The van der Waals surface area contributed by atoms with Gasteiger partial charge in [-0.05, 0) is 39.2 Å². The Morgan fingerprint density at radius 2 is 1.82 bits per heavy atom. The number of carbonyl (C=O) groups is 2. The molecule has 0 fully saturated rings. The van der Waals surface area contributed by atoms with E-state index in [0.29, 0.717) is 6.42 Å². The molecule has 1 unspecified atom stereocenters. The highest BCUT2D eigenvalue weighted by Gasteiger charge is 2.30. The highest BCUT2D eigenvalue weighted by molar-refractivity contribution is 5.80. The monoisotopic (exact) mass is 309 g/mol. The summed E-state index contributed by atoms with van der Waals surface area (Å²) in [5.74, 6) is -1.30. The maximum atomic E-state index is 11.6. The Bertz CT molecular complexity index is 495. The maximum Gasteiger partial charge on any atom is 0.408 e. The summed E-state index contributed by atoms with van der Waals surface area (Å²) in [4.78, 5) is 22.9. The van der Waals surface area contributed by atoms with Gasteiger partial charge in [0.2, 0.25) is 0 Å². The molecule has 6 nitrogen and oxygen atoms in total. The molecule has 3 N–H and O–H groups in total. The number of carboxylic acid groups (broad SMARTS) is 1. The number of benzene rings is 1. The van der Waals surface area contributed by atoms with E-state index in [4.69, 9.17) is 9.84 Å². The lowest BCUT2D eigenvalue weighted by atomic mass is 10.0. The summed E-state index contributed by atoms with van der Waals surface area (Å²) in [5, 5.41) is 21.4. The molecule has 0 saturated carbocycles. The van der Waals surface area contributed by atoms with Gasteiger partial charge >= 0.3 is 12.1 Å². The van der Waals surface area contributed by atoms with Crippen molar-refractivity contribution in [1.29, 1.82) is 0 Å². The van der Waals surface area contributed by atoms with Crippen LogP contribution in [0.15, 0.2) is 30.3 Å². The molecule has 0 aliphatic rings. The van der Waals surface area contributed by atoms with E-state index >= 15 is 0 Å². The topological polar surface area (TPSA) is 95.9 Å². The first-order chi connectivity index (χ1) is 10.2. The summed E-state index contributed by atoms with van der Waals surface area (Å²) in [6, 6.07) is 8.00. The molecule has 0 saturated heterocycles. The largest absolute Gasteiger partial charge is 0.480 e. The zero-order valence-corrected chi connectivity index (χ0v) is 13.1. The van der Waals surface area contributed by atoms with E-state index in [2.05, 4.69) is 5.32 Å². The number of aryl methyl sites for hydroxylation is 1. The van der Waals surface area contributed by atoms with Crippen molar-refractivity contribution in [1.82, 2.24) is 5.32 Å². The Hall–Kier alpha value is -2.08. The summed E-state index contributed by atoms with van der Waals surface area (Å²) in [6.45, 7) is 5.02. The van der Waals surface area contributed by atoms with Crippen molar-refractivity contribution in [3.63, 3.8) is 0 Å². The number of rotatable bonds is 6. The van der Waals surface area contributed by atoms with E-state index in [1.54, 1.807) is 20.8 Å². The molecule has 6 heteroatoms. The van der Waals surface area contributed by atoms with Crippen molar-refractivity contribution in [2.45, 2.75) is 51.4 Å². The van der Waals surface area contributed by atoms with Crippen molar-refractivity contribution in [3.8, 4) is 0 Å². The zero-order chi connectivity index (χ0) is 16.8. The standard InChI is InChI=1S/C16H23NO5/c1-16(2,3)22-15(21)17-13(14(19)20)12(18)10-9-11-7-5-4-6-8-11/h4-8,12-13,18H,9-10H2,1-3H3,(H,17,21)(H,19,20)/t12-,13?/m0/s1. The molecular weight excluding hydrogens is 286 g/mol. The van der Waals surface area contributed by atoms with Gasteiger partial charge in [-0.15, -0.1) is 0 Å². The fourth-order valence-electron chi connectivity index (χ4n) is 1.88. The molecule has 1 amide bonds. The van der Waals surface area contributed by atoms with Crippen LogP contribution in [0.5, 0.6) is 0 Å². The number of ether oxygens (including phenoxy) is 1. The number of hydrogen-bond acceptors (Lipinski definition) is 4. The maximum absolute atomic E-state index is 11.6. The Kier molecular flexibility index (Phi) is 6.37. The van der Waals surface area contributed by atoms with Gasteiger partial charge in [0, 0.05) is 0 Å². The number of alkyl carbamates (subject to hydrolysis) is 1. The van der Waals surface area contributed by atoms with Crippen LogP contribution in [-0.4, -0.2) is 40.0 Å². The van der Waals surface area contributed by atoms with Crippen molar-refractivity contribution in [3.05, 3.63) is 35.9 Å². The van der Waals surface area contributed by atoms with Gasteiger partial charge < -0.3 is 20.3 Å². The van der Waals surface area contributed by atoms with Crippen molar-refractivity contribution in [2.75, 3.05) is 0 Å².